The molecule has 0 fully saturated rings. The topological polar surface area (TPSA) is 53.9 Å². The van der Waals surface area contributed by atoms with Crippen molar-refractivity contribution >= 4 is 32.5 Å². The van der Waals surface area contributed by atoms with Crippen LogP contribution in [0.4, 0.5) is 5.69 Å². The van der Waals surface area contributed by atoms with Crippen molar-refractivity contribution in [1.82, 2.24) is 10.2 Å². The first kappa shape index (κ1) is 10.4. The Morgan fingerprint density at radius 2 is 2.35 bits per heavy atom. The molecule has 2 heterocycles. The van der Waals surface area contributed by atoms with Crippen LogP contribution >= 0.6 is 15.9 Å². The fourth-order valence-electron chi connectivity index (χ4n) is 1.76. The van der Waals surface area contributed by atoms with Gasteiger partial charge in [0.1, 0.15) is 5.76 Å². The molecule has 3 aromatic rings. The van der Waals surface area contributed by atoms with Gasteiger partial charge in [0.15, 0.2) is 0 Å². The Morgan fingerprint density at radius 1 is 1.41 bits per heavy atom. The smallest absolute Gasteiger partial charge is 0.122 e. The summed E-state index contributed by atoms with van der Waals surface area (Å²) in [4.78, 5) is 0. The van der Waals surface area contributed by atoms with Gasteiger partial charge in [0.05, 0.1) is 24.5 Å². The van der Waals surface area contributed by atoms with Crippen LogP contribution in [0.5, 0.6) is 0 Å². The van der Waals surface area contributed by atoms with Crippen molar-refractivity contribution in [3.8, 4) is 0 Å². The van der Waals surface area contributed by atoms with E-state index in [0.717, 1.165) is 26.8 Å². The quantitative estimate of drug-likeness (QED) is 0.776. The standard InChI is InChI=1S/C12H10BrN3O/c13-8-4-11(10-7-15-16-12(10)5-8)14-6-9-2-1-3-17-9/h1-5,7,14H,6H2,(H,15,16). The molecule has 2 aromatic heterocycles. The molecule has 4 nitrogen and oxygen atoms in total. The average Bonchev–Trinajstić information content (AvgIpc) is 2.95. The molecule has 0 unspecified atom stereocenters. The van der Waals surface area contributed by atoms with Crippen molar-refractivity contribution in [3.05, 3.63) is 47.0 Å². The zero-order valence-electron chi connectivity index (χ0n) is 8.90. The summed E-state index contributed by atoms with van der Waals surface area (Å²) in [6, 6.07) is 7.85. The number of halogens is 1. The van der Waals surface area contributed by atoms with Gasteiger partial charge in [-0.1, -0.05) is 15.9 Å². The number of benzene rings is 1. The third-order valence-electron chi connectivity index (χ3n) is 2.56. The number of furan rings is 1. The van der Waals surface area contributed by atoms with E-state index in [-0.39, 0.29) is 0 Å². The van der Waals surface area contributed by atoms with E-state index in [9.17, 15) is 0 Å². The number of aromatic nitrogens is 2. The fraction of sp³-hybridized carbons (Fsp3) is 0.0833. The monoisotopic (exact) mass is 291 g/mol. The highest BCUT2D eigenvalue weighted by atomic mass is 79.9. The highest BCUT2D eigenvalue weighted by Crippen LogP contribution is 2.27. The second-order valence-electron chi connectivity index (χ2n) is 3.72. The lowest BCUT2D eigenvalue weighted by Gasteiger charge is -2.06. The Kier molecular flexibility index (Phi) is 2.60. The zero-order chi connectivity index (χ0) is 11.7. The second-order valence-corrected chi connectivity index (χ2v) is 4.63. The van der Waals surface area contributed by atoms with E-state index in [0.29, 0.717) is 6.54 Å². The minimum Gasteiger partial charge on any atom is -0.467 e. The Morgan fingerprint density at radius 3 is 3.18 bits per heavy atom. The number of nitrogens with zero attached hydrogens (tertiary/aromatic N) is 1. The predicted molar refractivity (Wildman–Crippen MR) is 69.8 cm³/mol. The van der Waals surface area contributed by atoms with Crippen LogP contribution in [-0.2, 0) is 6.54 Å². The van der Waals surface area contributed by atoms with Crippen LogP contribution in [0.3, 0.4) is 0 Å². The van der Waals surface area contributed by atoms with Crippen LogP contribution in [0, 0.1) is 0 Å². The Bertz CT molecular complexity index is 630. The first-order chi connectivity index (χ1) is 8.33. The van der Waals surface area contributed by atoms with Gasteiger partial charge in [-0.2, -0.15) is 5.10 Å². The van der Waals surface area contributed by atoms with Crippen molar-refractivity contribution < 1.29 is 4.42 Å². The molecule has 0 radical (unpaired) electrons. The van der Waals surface area contributed by atoms with Gasteiger partial charge in [-0.15, -0.1) is 0 Å². The summed E-state index contributed by atoms with van der Waals surface area (Å²) in [6.45, 7) is 0.656. The molecule has 17 heavy (non-hydrogen) atoms. The molecule has 0 amide bonds. The molecule has 0 aliphatic rings. The number of H-pyrrole nitrogens is 1. The van der Waals surface area contributed by atoms with Crippen molar-refractivity contribution in [2.45, 2.75) is 6.54 Å². The summed E-state index contributed by atoms with van der Waals surface area (Å²) in [5.41, 5.74) is 2.03. The number of aromatic amines is 1. The van der Waals surface area contributed by atoms with Gasteiger partial charge in [0.2, 0.25) is 0 Å². The lowest BCUT2D eigenvalue weighted by atomic mass is 10.2. The highest BCUT2D eigenvalue weighted by Gasteiger charge is 2.05. The minimum atomic E-state index is 0.656. The number of fused-ring (bicyclic) bond motifs is 1. The summed E-state index contributed by atoms with van der Waals surface area (Å²) < 4.78 is 6.29. The van der Waals surface area contributed by atoms with E-state index in [2.05, 4.69) is 31.4 Å². The molecule has 0 aliphatic heterocycles. The van der Waals surface area contributed by atoms with E-state index < -0.39 is 0 Å². The maximum Gasteiger partial charge on any atom is 0.122 e. The number of nitrogens with one attached hydrogen (secondary N) is 2. The van der Waals surface area contributed by atoms with Crippen LogP contribution in [0.2, 0.25) is 0 Å². The first-order valence-corrected chi connectivity index (χ1v) is 6.01. The molecule has 0 spiro atoms. The predicted octanol–water partition coefficient (Wildman–Crippen LogP) is 3.53. The van der Waals surface area contributed by atoms with Crippen LogP contribution in [-0.4, -0.2) is 10.2 Å². The third-order valence-corrected chi connectivity index (χ3v) is 3.01. The second kappa shape index (κ2) is 4.25. The number of hydrogen-bond acceptors (Lipinski definition) is 3. The summed E-state index contributed by atoms with van der Waals surface area (Å²) >= 11 is 3.48. The van der Waals surface area contributed by atoms with E-state index in [1.165, 1.54) is 0 Å². The molecule has 1 aromatic carbocycles. The third kappa shape index (κ3) is 2.06. The molecule has 0 saturated heterocycles. The molecule has 0 saturated carbocycles. The van der Waals surface area contributed by atoms with E-state index in [4.69, 9.17) is 4.42 Å². The number of anilines is 1. The molecule has 86 valence electrons. The van der Waals surface area contributed by atoms with Gasteiger partial charge >= 0.3 is 0 Å². The SMILES string of the molecule is Brc1cc(NCc2ccco2)c2cn[nH]c2c1. The first-order valence-electron chi connectivity index (χ1n) is 5.22. The normalized spacial score (nSPS) is 10.9. The average molecular weight is 292 g/mol. The molecular formula is C12H10BrN3O. The van der Waals surface area contributed by atoms with E-state index in [1.807, 2.05) is 30.5 Å². The number of hydrogen-bond donors (Lipinski definition) is 2. The van der Waals surface area contributed by atoms with Gasteiger partial charge in [0, 0.05) is 15.5 Å². The van der Waals surface area contributed by atoms with Crippen molar-refractivity contribution in [1.29, 1.82) is 0 Å². The Balaban J connectivity index is 1.91. The summed E-state index contributed by atoms with van der Waals surface area (Å²) in [6.07, 6.45) is 3.48. The van der Waals surface area contributed by atoms with Crippen LogP contribution in [0.1, 0.15) is 5.76 Å². The maximum atomic E-state index is 5.28. The van der Waals surface area contributed by atoms with Gasteiger partial charge in [-0.25, -0.2) is 0 Å². The van der Waals surface area contributed by atoms with Gasteiger partial charge in [0.25, 0.3) is 0 Å². The van der Waals surface area contributed by atoms with Gasteiger partial charge in [-0.05, 0) is 24.3 Å². The Hall–Kier alpha value is -1.75. The summed E-state index contributed by atoms with van der Waals surface area (Å²) in [5.74, 6) is 0.904. The van der Waals surface area contributed by atoms with Crippen molar-refractivity contribution in [3.63, 3.8) is 0 Å². The maximum absolute atomic E-state index is 5.28. The lowest BCUT2D eigenvalue weighted by molar-refractivity contribution is 0.518. The lowest BCUT2D eigenvalue weighted by Crippen LogP contribution is -1.98. The molecule has 3 rings (SSSR count). The molecule has 0 atom stereocenters. The van der Waals surface area contributed by atoms with Gasteiger partial charge in [-0.3, -0.25) is 5.10 Å². The summed E-state index contributed by atoms with van der Waals surface area (Å²) in [5, 5.41) is 11.4. The van der Waals surface area contributed by atoms with E-state index in [1.54, 1.807) is 6.26 Å². The largest absolute Gasteiger partial charge is 0.467 e. The van der Waals surface area contributed by atoms with Crippen molar-refractivity contribution in [2.24, 2.45) is 0 Å². The van der Waals surface area contributed by atoms with E-state index >= 15 is 0 Å². The van der Waals surface area contributed by atoms with Crippen LogP contribution < -0.4 is 5.32 Å². The molecule has 0 bridgehead atoms. The van der Waals surface area contributed by atoms with Crippen molar-refractivity contribution in [2.75, 3.05) is 5.32 Å². The van der Waals surface area contributed by atoms with Crippen LogP contribution in [0.25, 0.3) is 10.9 Å². The highest BCUT2D eigenvalue weighted by molar-refractivity contribution is 9.10. The zero-order valence-corrected chi connectivity index (χ0v) is 10.5. The molecule has 2 N–H and O–H groups in total. The molecule has 0 aliphatic carbocycles. The molecule has 5 heteroatoms. The summed E-state index contributed by atoms with van der Waals surface area (Å²) in [7, 11) is 0. The molecular weight excluding hydrogens is 282 g/mol. The van der Waals surface area contributed by atoms with Crippen LogP contribution in [0.15, 0.2) is 45.6 Å². The fourth-order valence-corrected chi connectivity index (χ4v) is 2.22. The van der Waals surface area contributed by atoms with Gasteiger partial charge < -0.3 is 9.73 Å². The number of rotatable bonds is 3. The minimum absolute atomic E-state index is 0.656. The Labute approximate surface area is 106 Å².